The van der Waals surface area contributed by atoms with Gasteiger partial charge in [-0.05, 0) is 56.2 Å². The number of rotatable bonds is 13. The van der Waals surface area contributed by atoms with Gasteiger partial charge in [0.1, 0.15) is 0 Å². The third-order valence-electron chi connectivity index (χ3n) is 5.97. The van der Waals surface area contributed by atoms with E-state index in [0.717, 1.165) is 28.3 Å². The molecule has 1 aromatic heterocycles. The van der Waals surface area contributed by atoms with Crippen LogP contribution in [0.3, 0.4) is 0 Å². The van der Waals surface area contributed by atoms with Crippen LogP contribution in [0, 0.1) is 0 Å². The van der Waals surface area contributed by atoms with Crippen LogP contribution in [0.2, 0.25) is 0 Å². The summed E-state index contributed by atoms with van der Waals surface area (Å²) in [6.45, 7) is 2.53. The summed E-state index contributed by atoms with van der Waals surface area (Å²) >= 11 is 7.24. The van der Waals surface area contributed by atoms with E-state index in [1.54, 1.807) is 0 Å². The molecule has 0 aliphatic carbocycles. The van der Waals surface area contributed by atoms with Gasteiger partial charge < -0.3 is 9.67 Å². The number of aromatic nitrogens is 1. The maximum atomic E-state index is 10.9. The summed E-state index contributed by atoms with van der Waals surface area (Å²) in [5.74, 6) is 0.141. The predicted molar refractivity (Wildman–Crippen MR) is 142 cm³/mol. The summed E-state index contributed by atoms with van der Waals surface area (Å²) in [4.78, 5) is 10.9. The number of ketones is 1. The molecule has 0 unspecified atom stereocenters. The Morgan fingerprint density at radius 3 is 1.78 bits per heavy atom. The number of carbonyl (C=O) groups is 1. The molecular weight excluding hydrogens is 530 g/mol. The summed E-state index contributed by atoms with van der Waals surface area (Å²) < 4.78 is 4.71. The molecule has 0 aliphatic rings. The van der Waals surface area contributed by atoms with Gasteiger partial charge in [-0.15, -0.1) is 0 Å². The van der Waals surface area contributed by atoms with Crippen molar-refractivity contribution < 1.29 is 9.90 Å². The van der Waals surface area contributed by atoms with E-state index in [1.807, 2.05) is 0 Å². The highest BCUT2D eigenvalue weighted by Crippen LogP contribution is 2.33. The summed E-state index contributed by atoms with van der Waals surface area (Å²) in [5.41, 5.74) is 2.62. The Kier molecular flexibility index (Phi) is 9.86. The molecule has 3 nitrogen and oxygen atoms in total. The molecule has 0 spiro atoms. The van der Waals surface area contributed by atoms with Gasteiger partial charge in [-0.1, -0.05) is 76.8 Å². The van der Waals surface area contributed by atoms with E-state index in [-0.39, 0.29) is 11.5 Å². The predicted octanol–water partition coefficient (Wildman–Crippen LogP) is 9.25. The zero-order chi connectivity index (χ0) is 22.9. The van der Waals surface area contributed by atoms with Crippen molar-refractivity contribution >= 4 is 59.4 Å². The van der Waals surface area contributed by atoms with Gasteiger partial charge in [0, 0.05) is 49.8 Å². The first-order valence-electron chi connectivity index (χ1n) is 11.7. The molecule has 0 fully saturated rings. The minimum atomic E-state index is -0.0817. The van der Waals surface area contributed by atoms with Gasteiger partial charge in [-0.25, -0.2) is 0 Å². The van der Waals surface area contributed by atoms with Crippen molar-refractivity contribution in [1.29, 1.82) is 0 Å². The number of benzene rings is 2. The summed E-state index contributed by atoms with van der Waals surface area (Å²) in [7, 11) is 0. The topological polar surface area (TPSA) is 42.2 Å². The van der Waals surface area contributed by atoms with Crippen molar-refractivity contribution in [2.24, 2.45) is 0 Å². The van der Waals surface area contributed by atoms with Gasteiger partial charge in [-0.2, -0.15) is 0 Å². The molecule has 32 heavy (non-hydrogen) atoms. The maximum Gasteiger partial charge on any atom is 0.155 e. The highest BCUT2D eigenvalue weighted by Gasteiger charge is 2.11. The minimum Gasteiger partial charge on any atom is -0.512 e. The van der Waals surface area contributed by atoms with Crippen LogP contribution >= 0.6 is 31.9 Å². The minimum absolute atomic E-state index is 0.0817. The highest BCUT2D eigenvalue weighted by atomic mass is 79.9. The Balaban J connectivity index is 1.37. The van der Waals surface area contributed by atoms with Gasteiger partial charge in [0.2, 0.25) is 0 Å². The molecule has 172 valence electrons. The fourth-order valence-corrected chi connectivity index (χ4v) is 5.13. The van der Waals surface area contributed by atoms with E-state index in [0.29, 0.717) is 6.42 Å². The molecule has 3 aromatic rings. The third kappa shape index (κ3) is 7.21. The van der Waals surface area contributed by atoms with E-state index in [2.05, 4.69) is 72.8 Å². The highest BCUT2D eigenvalue weighted by molar-refractivity contribution is 9.10. The molecule has 0 atom stereocenters. The molecule has 2 aromatic carbocycles. The summed E-state index contributed by atoms with van der Waals surface area (Å²) in [5, 5.41) is 12.2. The second kappa shape index (κ2) is 12.6. The summed E-state index contributed by atoms with van der Waals surface area (Å²) in [6.07, 6.45) is 12.8. The number of aryl methyl sites for hydroxylation is 1. The Morgan fingerprint density at radius 2 is 1.28 bits per heavy atom. The Morgan fingerprint density at radius 1 is 0.812 bits per heavy atom. The normalized spacial score (nSPS) is 12.2. The van der Waals surface area contributed by atoms with Gasteiger partial charge in [-0.3, -0.25) is 4.79 Å². The molecule has 3 rings (SSSR count). The van der Waals surface area contributed by atoms with Crippen LogP contribution < -0.4 is 0 Å². The molecule has 0 saturated heterocycles. The van der Waals surface area contributed by atoms with Crippen LogP contribution in [0.25, 0.3) is 21.8 Å². The molecule has 5 heteroatoms. The molecule has 1 heterocycles. The van der Waals surface area contributed by atoms with Crippen molar-refractivity contribution in [2.45, 2.75) is 77.7 Å². The van der Waals surface area contributed by atoms with Crippen LogP contribution in [0.15, 0.2) is 57.2 Å². The van der Waals surface area contributed by atoms with E-state index in [9.17, 15) is 9.90 Å². The average molecular weight is 563 g/mol. The monoisotopic (exact) mass is 561 g/mol. The quantitative estimate of drug-likeness (QED) is 0.128. The van der Waals surface area contributed by atoms with E-state index in [1.165, 1.54) is 79.8 Å². The average Bonchev–Trinajstić information content (AvgIpc) is 3.03. The van der Waals surface area contributed by atoms with Crippen LogP contribution in [-0.2, 0) is 11.3 Å². The first-order valence-corrected chi connectivity index (χ1v) is 13.3. The molecule has 0 saturated carbocycles. The largest absolute Gasteiger partial charge is 0.512 e. The van der Waals surface area contributed by atoms with Crippen molar-refractivity contribution in [3.63, 3.8) is 0 Å². The van der Waals surface area contributed by atoms with Gasteiger partial charge >= 0.3 is 0 Å². The third-order valence-corrected chi connectivity index (χ3v) is 6.96. The van der Waals surface area contributed by atoms with Crippen LogP contribution in [0.1, 0.15) is 71.1 Å². The number of unbranched alkanes of at least 4 members (excludes halogenated alkanes) is 8. The van der Waals surface area contributed by atoms with E-state index >= 15 is 0 Å². The van der Waals surface area contributed by atoms with Gasteiger partial charge in [0.15, 0.2) is 5.78 Å². The number of fused-ring (bicyclic) bond motifs is 3. The SMILES string of the molecule is CC(=O)/C=C(/O)CCCCCCCCCCCn1c2ccc(Br)cc2c2cc(Br)ccc21. The fourth-order valence-electron chi connectivity index (χ4n) is 4.41. The van der Waals surface area contributed by atoms with E-state index in [4.69, 9.17) is 0 Å². The lowest BCUT2D eigenvalue weighted by atomic mass is 10.1. The second-order valence-corrected chi connectivity index (χ2v) is 10.5. The number of aliphatic hydroxyl groups excluding tert-OH is 1. The molecule has 0 amide bonds. The maximum absolute atomic E-state index is 10.9. The number of nitrogens with zero attached hydrogens (tertiary/aromatic N) is 1. The van der Waals surface area contributed by atoms with Crippen LogP contribution in [0.4, 0.5) is 0 Å². The Labute approximate surface area is 208 Å². The zero-order valence-electron chi connectivity index (χ0n) is 18.9. The first-order chi connectivity index (χ1) is 15.5. The van der Waals surface area contributed by atoms with Crippen molar-refractivity contribution in [3.05, 3.63) is 57.2 Å². The fraction of sp³-hybridized carbons (Fsp3) is 0.444. The van der Waals surface area contributed by atoms with Crippen LogP contribution in [0.5, 0.6) is 0 Å². The summed E-state index contributed by atoms with van der Waals surface area (Å²) in [6, 6.07) is 13.2. The van der Waals surface area contributed by atoms with Crippen molar-refractivity contribution in [3.8, 4) is 0 Å². The second-order valence-electron chi connectivity index (χ2n) is 8.65. The smallest absolute Gasteiger partial charge is 0.155 e. The van der Waals surface area contributed by atoms with Crippen molar-refractivity contribution in [1.82, 2.24) is 4.57 Å². The van der Waals surface area contributed by atoms with Crippen molar-refractivity contribution in [2.75, 3.05) is 0 Å². The molecule has 0 aliphatic heterocycles. The molecular formula is C27H33Br2NO2. The zero-order valence-corrected chi connectivity index (χ0v) is 22.1. The number of aliphatic hydroxyl groups is 1. The standard InChI is InChI=1S/C27H33Br2NO2/c1-20(31)17-23(32)11-9-7-5-3-2-4-6-8-10-16-30-26-14-12-21(28)18-24(26)25-19-22(29)13-15-27(25)30/h12-15,17-19,32H,2-11,16H2,1H3/b23-17+. The number of hydrogen-bond acceptors (Lipinski definition) is 2. The number of halogens is 2. The van der Waals surface area contributed by atoms with Gasteiger partial charge in [0.05, 0.1) is 5.76 Å². The molecule has 1 N–H and O–H groups in total. The lowest BCUT2D eigenvalue weighted by molar-refractivity contribution is -0.112. The Hall–Kier alpha value is -1.59. The van der Waals surface area contributed by atoms with Gasteiger partial charge in [0.25, 0.3) is 0 Å². The lowest BCUT2D eigenvalue weighted by Crippen LogP contribution is -1.97. The first kappa shape index (κ1) is 25.0. The lowest BCUT2D eigenvalue weighted by Gasteiger charge is -2.08. The number of allylic oxidation sites excluding steroid dienone is 2. The number of hydrogen-bond donors (Lipinski definition) is 1. The molecule has 0 radical (unpaired) electrons. The Bertz CT molecular complexity index is 1020. The van der Waals surface area contributed by atoms with E-state index < -0.39 is 0 Å². The number of carbonyl (C=O) groups excluding carboxylic acids is 1. The van der Waals surface area contributed by atoms with Crippen LogP contribution in [-0.4, -0.2) is 15.5 Å². The molecule has 0 bridgehead atoms.